The second-order valence-corrected chi connectivity index (χ2v) is 5.35. The number of likely N-dealkylation sites (tertiary alicyclic amines) is 1. The molecule has 1 aromatic carbocycles. The summed E-state index contributed by atoms with van der Waals surface area (Å²) in [7, 11) is 1.92. The highest BCUT2D eigenvalue weighted by Crippen LogP contribution is 2.20. The third-order valence-electron chi connectivity index (χ3n) is 3.79. The zero-order valence-electron chi connectivity index (χ0n) is 11.7. The third-order valence-corrected chi connectivity index (χ3v) is 3.79. The summed E-state index contributed by atoms with van der Waals surface area (Å²) in [6, 6.07) is 7.48. The normalized spacial score (nSPS) is 18.2. The van der Waals surface area contributed by atoms with E-state index in [1.54, 1.807) is 6.07 Å². The molecule has 0 aliphatic carbocycles. The SMILES string of the molecule is Cn1ccc2ccc(NC(=O)C(=O)N3CC[C@@H](O)C3)cc21. The van der Waals surface area contributed by atoms with E-state index < -0.39 is 17.9 Å². The van der Waals surface area contributed by atoms with E-state index in [1.807, 2.05) is 36.0 Å². The first-order chi connectivity index (χ1) is 10.0. The Morgan fingerprint density at radius 1 is 1.33 bits per heavy atom. The number of amides is 2. The molecule has 2 amide bonds. The lowest BCUT2D eigenvalue weighted by Gasteiger charge is -2.14. The van der Waals surface area contributed by atoms with Gasteiger partial charge in [0.15, 0.2) is 0 Å². The largest absolute Gasteiger partial charge is 0.391 e. The van der Waals surface area contributed by atoms with Gasteiger partial charge >= 0.3 is 11.8 Å². The molecule has 1 atom stereocenters. The van der Waals surface area contributed by atoms with Gasteiger partial charge in [0.1, 0.15) is 0 Å². The number of nitrogens with zero attached hydrogens (tertiary/aromatic N) is 2. The minimum atomic E-state index is -0.669. The molecule has 2 heterocycles. The van der Waals surface area contributed by atoms with Gasteiger partial charge in [0.25, 0.3) is 0 Å². The zero-order valence-corrected chi connectivity index (χ0v) is 11.7. The highest BCUT2D eigenvalue weighted by Gasteiger charge is 2.28. The summed E-state index contributed by atoms with van der Waals surface area (Å²) in [5, 5.41) is 13.1. The molecule has 0 bridgehead atoms. The van der Waals surface area contributed by atoms with E-state index in [9.17, 15) is 14.7 Å². The molecule has 1 saturated heterocycles. The summed E-state index contributed by atoms with van der Waals surface area (Å²) in [4.78, 5) is 25.3. The van der Waals surface area contributed by atoms with Crippen molar-refractivity contribution < 1.29 is 14.7 Å². The minimum Gasteiger partial charge on any atom is -0.391 e. The van der Waals surface area contributed by atoms with Crippen molar-refractivity contribution in [2.24, 2.45) is 7.05 Å². The van der Waals surface area contributed by atoms with Gasteiger partial charge in [0, 0.05) is 37.5 Å². The Labute approximate surface area is 122 Å². The molecule has 110 valence electrons. The Morgan fingerprint density at radius 2 is 2.14 bits per heavy atom. The van der Waals surface area contributed by atoms with Gasteiger partial charge in [-0.2, -0.15) is 0 Å². The fourth-order valence-electron chi connectivity index (χ4n) is 2.59. The quantitative estimate of drug-likeness (QED) is 0.759. The first-order valence-electron chi connectivity index (χ1n) is 6.88. The van der Waals surface area contributed by atoms with Crippen molar-refractivity contribution in [3.05, 3.63) is 30.5 Å². The highest BCUT2D eigenvalue weighted by molar-refractivity contribution is 6.39. The van der Waals surface area contributed by atoms with Crippen LogP contribution in [-0.2, 0) is 16.6 Å². The monoisotopic (exact) mass is 287 g/mol. The van der Waals surface area contributed by atoms with E-state index >= 15 is 0 Å². The first-order valence-corrected chi connectivity index (χ1v) is 6.88. The van der Waals surface area contributed by atoms with Crippen molar-refractivity contribution in [2.75, 3.05) is 18.4 Å². The molecule has 6 nitrogen and oxygen atoms in total. The number of anilines is 1. The van der Waals surface area contributed by atoms with Crippen LogP contribution in [0.1, 0.15) is 6.42 Å². The van der Waals surface area contributed by atoms with Crippen LogP contribution in [0.2, 0.25) is 0 Å². The number of rotatable bonds is 1. The number of carbonyl (C=O) groups excluding carboxylic acids is 2. The van der Waals surface area contributed by atoms with Crippen LogP contribution in [0.3, 0.4) is 0 Å². The first kappa shape index (κ1) is 13.6. The number of carbonyl (C=O) groups is 2. The second-order valence-electron chi connectivity index (χ2n) is 5.35. The molecule has 3 rings (SSSR count). The molecule has 0 spiro atoms. The number of aliphatic hydroxyl groups is 1. The van der Waals surface area contributed by atoms with Crippen molar-refractivity contribution in [3.63, 3.8) is 0 Å². The van der Waals surface area contributed by atoms with Gasteiger partial charge in [-0.25, -0.2) is 0 Å². The van der Waals surface area contributed by atoms with Crippen LogP contribution in [0.15, 0.2) is 30.5 Å². The Hall–Kier alpha value is -2.34. The Morgan fingerprint density at radius 3 is 2.86 bits per heavy atom. The maximum atomic E-state index is 12.0. The predicted octanol–water partition coefficient (Wildman–Crippen LogP) is 0.710. The van der Waals surface area contributed by atoms with E-state index in [0.29, 0.717) is 18.7 Å². The lowest BCUT2D eigenvalue weighted by Crippen LogP contribution is -2.38. The van der Waals surface area contributed by atoms with Crippen molar-refractivity contribution in [3.8, 4) is 0 Å². The Bertz CT molecular complexity index is 707. The van der Waals surface area contributed by atoms with Crippen molar-refractivity contribution in [2.45, 2.75) is 12.5 Å². The summed E-state index contributed by atoms with van der Waals surface area (Å²) in [5.41, 5.74) is 1.57. The Kier molecular flexibility index (Phi) is 3.39. The molecular formula is C15H17N3O3. The fraction of sp³-hybridized carbons (Fsp3) is 0.333. The number of nitrogens with one attached hydrogen (secondary N) is 1. The number of hydrogen-bond acceptors (Lipinski definition) is 3. The summed E-state index contributed by atoms with van der Waals surface area (Å²) in [5.74, 6) is -1.27. The lowest BCUT2D eigenvalue weighted by molar-refractivity contribution is -0.142. The van der Waals surface area contributed by atoms with Gasteiger partial charge in [-0.3, -0.25) is 9.59 Å². The van der Waals surface area contributed by atoms with E-state index in [1.165, 1.54) is 4.90 Å². The molecule has 0 saturated carbocycles. The van der Waals surface area contributed by atoms with E-state index in [4.69, 9.17) is 0 Å². The van der Waals surface area contributed by atoms with Gasteiger partial charge in [0.2, 0.25) is 0 Å². The molecular weight excluding hydrogens is 270 g/mol. The average molecular weight is 287 g/mol. The van der Waals surface area contributed by atoms with Crippen LogP contribution in [0.5, 0.6) is 0 Å². The molecule has 1 fully saturated rings. The number of aryl methyl sites for hydroxylation is 1. The second kappa shape index (κ2) is 5.21. The standard InChI is InChI=1S/C15H17N3O3/c1-17-6-4-10-2-3-11(8-13(10)17)16-14(20)15(21)18-7-5-12(19)9-18/h2-4,6,8,12,19H,5,7,9H2,1H3,(H,16,20)/t12-/m1/s1. The molecule has 6 heteroatoms. The highest BCUT2D eigenvalue weighted by atomic mass is 16.3. The molecule has 0 unspecified atom stereocenters. The maximum absolute atomic E-state index is 12.0. The minimum absolute atomic E-state index is 0.225. The van der Waals surface area contributed by atoms with Crippen LogP contribution in [0.4, 0.5) is 5.69 Å². The summed E-state index contributed by atoms with van der Waals surface area (Å²) < 4.78 is 1.95. The van der Waals surface area contributed by atoms with Crippen molar-refractivity contribution in [1.82, 2.24) is 9.47 Å². The van der Waals surface area contributed by atoms with Crippen LogP contribution in [0, 0.1) is 0 Å². The predicted molar refractivity (Wildman–Crippen MR) is 78.8 cm³/mol. The number of hydrogen-bond donors (Lipinski definition) is 2. The van der Waals surface area contributed by atoms with Gasteiger partial charge in [-0.15, -0.1) is 0 Å². The fourth-order valence-corrected chi connectivity index (χ4v) is 2.59. The van der Waals surface area contributed by atoms with E-state index in [2.05, 4.69) is 5.32 Å². The smallest absolute Gasteiger partial charge is 0.313 e. The molecule has 0 radical (unpaired) electrons. The van der Waals surface area contributed by atoms with E-state index in [0.717, 1.165) is 10.9 Å². The summed E-state index contributed by atoms with van der Waals surface area (Å²) in [6.45, 7) is 0.646. The number of benzene rings is 1. The average Bonchev–Trinajstić information content (AvgIpc) is 3.05. The summed E-state index contributed by atoms with van der Waals surface area (Å²) in [6.07, 6.45) is 1.93. The molecule has 1 aromatic heterocycles. The zero-order chi connectivity index (χ0) is 15.0. The van der Waals surface area contributed by atoms with Gasteiger partial charge in [-0.05, 0) is 30.0 Å². The van der Waals surface area contributed by atoms with Gasteiger partial charge in [-0.1, -0.05) is 6.07 Å². The van der Waals surface area contributed by atoms with Crippen molar-refractivity contribution in [1.29, 1.82) is 0 Å². The topological polar surface area (TPSA) is 74.6 Å². The van der Waals surface area contributed by atoms with Gasteiger partial charge < -0.3 is 19.9 Å². The van der Waals surface area contributed by atoms with Gasteiger partial charge in [0.05, 0.1) is 6.10 Å². The molecule has 2 N–H and O–H groups in total. The van der Waals surface area contributed by atoms with Crippen molar-refractivity contribution >= 4 is 28.4 Å². The van der Waals surface area contributed by atoms with Crippen LogP contribution in [0.25, 0.3) is 10.9 Å². The third kappa shape index (κ3) is 2.62. The molecule has 1 aliphatic heterocycles. The van der Waals surface area contributed by atoms with E-state index in [-0.39, 0.29) is 6.54 Å². The van der Waals surface area contributed by atoms with Crippen LogP contribution < -0.4 is 5.32 Å². The molecule has 2 aromatic rings. The molecule has 21 heavy (non-hydrogen) atoms. The number of fused-ring (bicyclic) bond motifs is 1. The number of β-amino-alcohol motifs (C(OH)–C–C–N with tert-alkyl or cyclic N) is 1. The van der Waals surface area contributed by atoms with Crippen LogP contribution in [-0.4, -0.2) is 45.6 Å². The molecule has 1 aliphatic rings. The number of aromatic nitrogens is 1. The lowest BCUT2D eigenvalue weighted by atomic mass is 10.2. The van der Waals surface area contributed by atoms with Crippen LogP contribution >= 0.6 is 0 Å². The number of aliphatic hydroxyl groups excluding tert-OH is 1. The Balaban J connectivity index is 1.73. The maximum Gasteiger partial charge on any atom is 0.313 e. The summed E-state index contributed by atoms with van der Waals surface area (Å²) >= 11 is 0.